The largest absolute Gasteiger partial charge is 0.444 e. The molecule has 1 fully saturated rings. The lowest BCUT2D eigenvalue weighted by Gasteiger charge is -2.37. The van der Waals surface area contributed by atoms with Gasteiger partial charge in [0.1, 0.15) is 5.60 Å². The molecular formula is C19H39N5O3. The van der Waals surface area contributed by atoms with E-state index >= 15 is 0 Å². The number of carbonyl (C=O) groups is 1. The van der Waals surface area contributed by atoms with E-state index in [1.807, 2.05) is 20.8 Å². The first-order chi connectivity index (χ1) is 12.7. The summed E-state index contributed by atoms with van der Waals surface area (Å²) in [4.78, 5) is 18.8. The van der Waals surface area contributed by atoms with Gasteiger partial charge in [0.25, 0.3) is 0 Å². The normalized spacial score (nSPS) is 20.1. The molecule has 1 aliphatic heterocycles. The molecule has 1 heterocycles. The van der Waals surface area contributed by atoms with Crippen molar-refractivity contribution in [3.8, 4) is 0 Å². The molecule has 0 spiro atoms. The summed E-state index contributed by atoms with van der Waals surface area (Å²) in [6.07, 6.45) is 0.413. The van der Waals surface area contributed by atoms with Crippen molar-refractivity contribution < 1.29 is 14.3 Å². The molecule has 0 aromatic carbocycles. The third-order valence-corrected chi connectivity index (χ3v) is 4.16. The summed E-state index contributed by atoms with van der Waals surface area (Å²) >= 11 is 0. The summed E-state index contributed by atoms with van der Waals surface area (Å²) in [6.45, 7) is 17.4. The number of aliphatic imine (C=N–C) groups is 1. The zero-order chi connectivity index (χ0) is 20.3. The molecule has 1 rings (SSSR count). The van der Waals surface area contributed by atoms with Crippen molar-refractivity contribution in [1.82, 2.24) is 20.9 Å². The molecule has 1 saturated heterocycles. The molecule has 0 saturated carbocycles. The van der Waals surface area contributed by atoms with Gasteiger partial charge in [0, 0.05) is 38.3 Å². The summed E-state index contributed by atoms with van der Waals surface area (Å²) in [5, 5.41) is 9.35. The fraction of sp³-hybridized carbons (Fsp3) is 0.895. The maximum Gasteiger partial charge on any atom is 0.407 e. The second-order valence-electron chi connectivity index (χ2n) is 7.94. The third-order valence-electron chi connectivity index (χ3n) is 4.16. The Kier molecular flexibility index (Phi) is 10.5. The van der Waals surface area contributed by atoms with Crippen LogP contribution in [0.3, 0.4) is 0 Å². The van der Waals surface area contributed by atoms with Crippen LogP contribution in [0.1, 0.15) is 48.0 Å². The quantitative estimate of drug-likeness (QED) is 0.334. The van der Waals surface area contributed by atoms with E-state index in [2.05, 4.69) is 41.6 Å². The van der Waals surface area contributed by atoms with Crippen LogP contribution >= 0.6 is 0 Å². The predicted octanol–water partition coefficient (Wildman–Crippen LogP) is 1.57. The third kappa shape index (κ3) is 10.4. The number of nitrogens with one attached hydrogen (secondary N) is 3. The van der Waals surface area contributed by atoms with Gasteiger partial charge in [-0.3, -0.25) is 9.89 Å². The van der Waals surface area contributed by atoms with Gasteiger partial charge in [0.2, 0.25) is 0 Å². The van der Waals surface area contributed by atoms with Gasteiger partial charge in [-0.2, -0.15) is 0 Å². The lowest BCUT2D eigenvalue weighted by molar-refractivity contribution is -0.0165. The van der Waals surface area contributed by atoms with Gasteiger partial charge < -0.3 is 25.4 Å². The Bertz CT molecular complexity index is 465. The highest BCUT2D eigenvalue weighted by Gasteiger charge is 2.23. The van der Waals surface area contributed by atoms with Crippen LogP contribution in [0.5, 0.6) is 0 Å². The molecule has 0 aliphatic carbocycles. The van der Waals surface area contributed by atoms with Crippen molar-refractivity contribution in [2.45, 2.75) is 65.6 Å². The minimum absolute atomic E-state index is 0.369. The summed E-state index contributed by atoms with van der Waals surface area (Å²) in [5.41, 5.74) is -0.470. The summed E-state index contributed by atoms with van der Waals surface area (Å²) in [6, 6.07) is 0.798. The summed E-state index contributed by atoms with van der Waals surface area (Å²) < 4.78 is 10.7. The van der Waals surface area contributed by atoms with Crippen LogP contribution in [-0.2, 0) is 9.47 Å². The molecule has 2 unspecified atom stereocenters. The van der Waals surface area contributed by atoms with Crippen LogP contribution in [-0.4, -0.2) is 80.6 Å². The number of morpholine rings is 1. The molecule has 1 amide bonds. The van der Waals surface area contributed by atoms with Crippen LogP contribution < -0.4 is 16.0 Å². The Morgan fingerprint density at radius 3 is 2.63 bits per heavy atom. The average molecular weight is 386 g/mol. The monoisotopic (exact) mass is 385 g/mol. The van der Waals surface area contributed by atoms with Gasteiger partial charge in [0.15, 0.2) is 5.96 Å². The number of carbonyl (C=O) groups excluding carboxylic acids is 1. The van der Waals surface area contributed by atoms with Crippen LogP contribution in [0.4, 0.5) is 4.79 Å². The maximum absolute atomic E-state index is 11.6. The van der Waals surface area contributed by atoms with Crippen molar-refractivity contribution in [3.05, 3.63) is 0 Å². The van der Waals surface area contributed by atoms with Gasteiger partial charge in [-0.05, 0) is 48.0 Å². The van der Waals surface area contributed by atoms with E-state index < -0.39 is 5.60 Å². The molecule has 158 valence electrons. The van der Waals surface area contributed by atoms with E-state index in [0.29, 0.717) is 18.6 Å². The molecule has 8 heteroatoms. The topological polar surface area (TPSA) is 87.2 Å². The Morgan fingerprint density at radius 2 is 2.00 bits per heavy atom. The van der Waals surface area contributed by atoms with Crippen LogP contribution in [0.25, 0.3) is 0 Å². The second kappa shape index (κ2) is 12.0. The first kappa shape index (κ1) is 23.5. The Balaban J connectivity index is 2.31. The van der Waals surface area contributed by atoms with E-state index in [9.17, 15) is 4.79 Å². The van der Waals surface area contributed by atoms with Crippen LogP contribution in [0.15, 0.2) is 4.99 Å². The number of nitrogens with zero attached hydrogens (tertiary/aromatic N) is 2. The standard InChI is InChI=1S/C19H39N5O3/c1-7-20-17(21-9-8-10-22-18(25)27-19(4,5)6)23-13-15(2)24-11-12-26-14-16(24)3/h15-16H,7-14H2,1-6H3,(H,22,25)(H2,20,21,23). The molecule has 27 heavy (non-hydrogen) atoms. The molecule has 1 aliphatic rings. The number of rotatable bonds is 8. The van der Waals surface area contributed by atoms with Gasteiger partial charge in [0.05, 0.1) is 19.8 Å². The SMILES string of the molecule is CCNC(=NCC(C)N1CCOCC1C)NCCCNC(=O)OC(C)(C)C. The van der Waals surface area contributed by atoms with Crippen molar-refractivity contribution in [3.63, 3.8) is 0 Å². The van der Waals surface area contributed by atoms with Crippen molar-refractivity contribution in [1.29, 1.82) is 0 Å². The Morgan fingerprint density at radius 1 is 1.30 bits per heavy atom. The average Bonchev–Trinajstić information content (AvgIpc) is 2.57. The van der Waals surface area contributed by atoms with E-state index in [0.717, 1.165) is 51.8 Å². The number of hydrogen-bond donors (Lipinski definition) is 3. The van der Waals surface area contributed by atoms with Crippen molar-refractivity contribution in [2.75, 3.05) is 45.9 Å². The van der Waals surface area contributed by atoms with E-state index in [-0.39, 0.29) is 6.09 Å². The molecule has 8 nitrogen and oxygen atoms in total. The number of guanidine groups is 1. The molecule has 3 N–H and O–H groups in total. The second-order valence-corrected chi connectivity index (χ2v) is 7.94. The Labute approximate surface area is 164 Å². The lowest BCUT2D eigenvalue weighted by Crippen LogP contribution is -2.49. The fourth-order valence-corrected chi connectivity index (χ4v) is 2.86. The van der Waals surface area contributed by atoms with E-state index in [1.54, 1.807) is 0 Å². The summed E-state index contributed by atoms with van der Waals surface area (Å²) in [7, 11) is 0. The highest BCUT2D eigenvalue weighted by atomic mass is 16.6. The zero-order valence-corrected chi connectivity index (χ0v) is 17.9. The fourth-order valence-electron chi connectivity index (χ4n) is 2.86. The zero-order valence-electron chi connectivity index (χ0n) is 17.9. The highest BCUT2D eigenvalue weighted by molar-refractivity contribution is 5.79. The highest BCUT2D eigenvalue weighted by Crippen LogP contribution is 2.10. The minimum atomic E-state index is -0.470. The van der Waals surface area contributed by atoms with Crippen molar-refractivity contribution in [2.24, 2.45) is 4.99 Å². The van der Waals surface area contributed by atoms with Crippen molar-refractivity contribution >= 4 is 12.1 Å². The van der Waals surface area contributed by atoms with Crippen LogP contribution in [0.2, 0.25) is 0 Å². The van der Waals surface area contributed by atoms with Gasteiger partial charge >= 0.3 is 6.09 Å². The number of alkyl carbamates (subject to hydrolysis) is 1. The molecule has 2 atom stereocenters. The first-order valence-corrected chi connectivity index (χ1v) is 10.1. The molecular weight excluding hydrogens is 346 g/mol. The van der Waals surface area contributed by atoms with Crippen LogP contribution in [0, 0.1) is 0 Å². The van der Waals surface area contributed by atoms with Gasteiger partial charge in [-0.1, -0.05) is 0 Å². The van der Waals surface area contributed by atoms with Gasteiger partial charge in [-0.15, -0.1) is 0 Å². The van der Waals surface area contributed by atoms with E-state index in [1.165, 1.54) is 0 Å². The smallest absolute Gasteiger partial charge is 0.407 e. The molecule has 0 aromatic heterocycles. The minimum Gasteiger partial charge on any atom is -0.444 e. The lowest BCUT2D eigenvalue weighted by atomic mass is 10.2. The number of ether oxygens (including phenoxy) is 2. The van der Waals surface area contributed by atoms with E-state index in [4.69, 9.17) is 14.5 Å². The molecule has 0 radical (unpaired) electrons. The summed E-state index contributed by atoms with van der Waals surface area (Å²) in [5.74, 6) is 0.808. The molecule has 0 aromatic rings. The Hall–Kier alpha value is -1.54. The first-order valence-electron chi connectivity index (χ1n) is 10.1. The van der Waals surface area contributed by atoms with Gasteiger partial charge in [-0.25, -0.2) is 4.79 Å². The number of hydrogen-bond acceptors (Lipinski definition) is 5. The molecule has 0 bridgehead atoms. The number of amides is 1. The maximum atomic E-state index is 11.6. The predicted molar refractivity (Wildman–Crippen MR) is 109 cm³/mol.